The molecule has 180 valence electrons. The van der Waals surface area contributed by atoms with Gasteiger partial charge in [0.15, 0.2) is 0 Å². The van der Waals surface area contributed by atoms with Crippen LogP contribution in [0.2, 0.25) is 0 Å². The van der Waals surface area contributed by atoms with Gasteiger partial charge in [-0.3, -0.25) is 4.84 Å². The van der Waals surface area contributed by atoms with Crippen LogP contribution in [-0.2, 0) is 4.84 Å². The van der Waals surface area contributed by atoms with Gasteiger partial charge in [0.1, 0.15) is 0 Å². The summed E-state index contributed by atoms with van der Waals surface area (Å²) in [4.78, 5) is 17.2. The Labute approximate surface area is 193 Å². The Morgan fingerprint density at radius 1 is 1.19 bits per heavy atom. The summed E-state index contributed by atoms with van der Waals surface area (Å²) in [5, 5.41) is 20.4. The van der Waals surface area contributed by atoms with Crippen LogP contribution in [0.5, 0.6) is 0 Å². The summed E-state index contributed by atoms with van der Waals surface area (Å²) in [5.41, 5.74) is 3.00. The standard InChI is InChI=1S/C26H43N3O3/c1-5-27-14-15-28-24(31)32-29-17(2)21-8-9-22-20-7-6-18-16-19(30)10-12-25(18,3)23(20)11-13-26(21,22)4/h6,19-23,27,30H,5,7-16H2,1-4H3,(H,28,31)/b29-17+/t19-,20-,21+,22-,23-,25-,26+/m0/s1. The number of rotatable bonds is 6. The number of aliphatic hydroxyl groups excluding tert-OH is 1. The van der Waals surface area contributed by atoms with Crippen LogP contribution in [0.4, 0.5) is 4.79 Å². The number of fused-ring (bicyclic) bond motifs is 5. The molecule has 3 fully saturated rings. The Morgan fingerprint density at radius 3 is 2.78 bits per heavy atom. The SMILES string of the molecule is CCNCCNC(=O)O/N=C(\C)[C@H]1CC[C@H]2[C@@H]3CC=C4C[C@@H](O)CC[C@]4(C)[C@H]3CC[C@]12C. The highest BCUT2D eigenvalue weighted by Crippen LogP contribution is 2.66. The fourth-order valence-electron chi connectivity index (χ4n) is 7.97. The molecule has 0 bridgehead atoms. The Bertz CT molecular complexity index is 765. The second kappa shape index (κ2) is 9.46. The van der Waals surface area contributed by atoms with E-state index in [9.17, 15) is 9.90 Å². The molecule has 3 N–H and O–H groups in total. The molecule has 1 amide bonds. The van der Waals surface area contributed by atoms with Crippen LogP contribution in [0.25, 0.3) is 0 Å². The molecule has 0 unspecified atom stereocenters. The summed E-state index contributed by atoms with van der Waals surface area (Å²) in [6.45, 7) is 11.2. The van der Waals surface area contributed by atoms with Gasteiger partial charge in [0.05, 0.1) is 11.8 Å². The maximum absolute atomic E-state index is 12.0. The normalized spacial score (nSPS) is 41.2. The molecule has 4 aliphatic carbocycles. The summed E-state index contributed by atoms with van der Waals surface area (Å²) >= 11 is 0. The third-order valence-electron chi connectivity index (χ3n) is 9.68. The minimum atomic E-state index is -0.469. The average Bonchev–Trinajstić information content (AvgIpc) is 3.13. The van der Waals surface area contributed by atoms with Gasteiger partial charge in [-0.2, -0.15) is 0 Å². The molecule has 4 rings (SSSR count). The number of allylic oxidation sites excluding steroid dienone is 1. The quantitative estimate of drug-likeness (QED) is 0.183. The predicted molar refractivity (Wildman–Crippen MR) is 127 cm³/mol. The summed E-state index contributed by atoms with van der Waals surface area (Å²) < 4.78 is 0. The zero-order chi connectivity index (χ0) is 22.9. The minimum Gasteiger partial charge on any atom is -0.393 e. The van der Waals surface area contributed by atoms with E-state index >= 15 is 0 Å². The monoisotopic (exact) mass is 445 g/mol. The maximum atomic E-state index is 12.0. The Hall–Kier alpha value is -1.40. The predicted octanol–water partition coefficient (Wildman–Crippen LogP) is 4.64. The summed E-state index contributed by atoms with van der Waals surface area (Å²) in [6.07, 6.45) is 10.9. The van der Waals surface area contributed by atoms with Crippen molar-refractivity contribution in [2.24, 2.45) is 39.7 Å². The first-order valence-electron chi connectivity index (χ1n) is 12.9. The van der Waals surface area contributed by atoms with Gasteiger partial charge in [0.25, 0.3) is 0 Å². The van der Waals surface area contributed by atoms with E-state index in [0.29, 0.717) is 18.4 Å². The molecule has 0 radical (unpaired) electrons. The van der Waals surface area contributed by atoms with Crippen molar-refractivity contribution in [1.29, 1.82) is 0 Å². The number of carbonyl (C=O) groups excluding carboxylic acids is 1. The van der Waals surface area contributed by atoms with E-state index in [1.165, 1.54) is 24.8 Å². The highest BCUT2D eigenvalue weighted by molar-refractivity contribution is 5.85. The third kappa shape index (κ3) is 4.25. The molecular formula is C26H43N3O3. The zero-order valence-electron chi connectivity index (χ0n) is 20.5. The number of hydrogen-bond acceptors (Lipinski definition) is 5. The molecule has 7 atom stereocenters. The van der Waals surface area contributed by atoms with Gasteiger partial charge >= 0.3 is 6.09 Å². The largest absolute Gasteiger partial charge is 0.433 e. The van der Waals surface area contributed by atoms with E-state index < -0.39 is 6.09 Å². The van der Waals surface area contributed by atoms with Crippen molar-refractivity contribution in [3.63, 3.8) is 0 Å². The molecular weight excluding hydrogens is 402 g/mol. The lowest BCUT2D eigenvalue weighted by Gasteiger charge is -2.58. The van der Waals surface area contributed by atoms with Crippen LogP contribution >= 0.6 is 0 Å². The number of nitrogens with one attached hydrogen (secondary N) is 2. The molecule has 6 heteroatoms. The van der Waals surface area contributed by atoms with Gasteiger partial charge in [-0.05, 0) is 93.4 Å². The number of nitrogens with zero attached hydrogens (tertiary/aromatic N) is 1. The molecule has 0 saturated heterocycles. The van der Waals surface area contributed by atoms with E-state index in [0.717, 1.165) is 62.7 Å². The van der Waals surface area contributed by atoms with E-state index in [2.05, 4.69) is 35.7 Å². The van der Waals surface area contributed by atoms with E-state index in [-0.39, 0.29) is 16.9 Å². The van der Waals surface area contributed by atoms with Crippen molar-refractivity contribution in [3.8, 4) is 0 Å². The molecule has 3 saturated carbocycles. The van der Waals surface area contributed by atoms with Gasteiger partial charge in [-0.25, -0.2) is 4.79 Å². The van der Waals surface area contributed by atoms with Gasteiger partial charge in [0.2, 0.25) is 0 Å². The van der Waals surface area contributed by atoms with Crippen molar-refractivity contribution >= 4 is 11.8 Å². The fraction of sp³-hybridized carbons (Fsp3) is 0.846. The van der Waals surface area contributed by atoms with Crippen LogP contribution in [0, 0.1) is 34.5 Å². The number of hydrogen-bond donors (Lipinski definition) is 3. The molecule has 0 aromatic heterocycles. The lowest BCUT2D eigenvalue weighted by atomic mass is 9.47. The fourth-order valence-corrected chi connectivity index (χ4v) is 7.97. The second-order valence-corrected chi connectivity index (χ2v) is 11.2. The Kier molecular flexibility index (Phi) is 7.02. The van der Waals surface area contributed by atoms with E-state index in [1.54, 1.807) is 0 Å². The van der Waals surface area contributed by atoms with Crippen molar-refractivity contribution < 1.29 is 14.7 Å². The number of likely N-dealkylation sites (N-methyl/N-ethyl adjacent to an activating group) is 1. The van der Waals surface area contributed by atoms with Gasteiger partial charge in [-0.15, -0.1) is 0 Å². The first kappa shape index (κ1) is 23.7. The number of amides is 1. The van der Waals surface area contributed by atoms with Gasteiger partial charge in [0, 0.05) is 19.0 Å². The number of carbonyl (C=O) groups is 1. The number of aliphatic hydroxyl groups is 1. The average molecular weight is 446 g/mol. The van der Waals surface area contributed by atoms with E-state index in [4.69, 9.17) is 4.84 Å². The lowest BCUT2D eigenvalue weighted by molar-refractivity contribution is -0.0425. The second-order valence-electron chi connectivity index (χ2n) is 11.2. The summed E-state index contributed by atoms with van der Waals surface area (Å²) in [7, 11) is 0. The molecule has 6 nitrogen and oxygen atoms in total. The smallest absolute Gasteiger partial charge is 0.393 e. The topological polar surface area (TPSA) is 83.0 Å². The van der Waals surface area contributed by atoms with Gasteiger partial charge in [-0.1, -0.05) is 37.6 Å². The molecule has 0 heterocycles. The highest BCUT2D eigenvalue weighted by atomic mass is 16.7. The summed E-state index contributed by atoms with van der Waals surface area (Å²) in [6, 6.07) is 0. The first-order chi connectivity index (χ1) is 15.3. The Balaban J connectivity index is 1.42. The molecule has 0 aromatic rings. The van der Waals surface area contributed by atoms with Crippen LogP contribution in [-0.4, -0.2) is 42.6 Å². The number of oxime groups is 1. The van der Waals surface area contributed by atoms with Crippen molar-refractivity contribution in [2.75, 3.05) is 19.6 Å². The molecule has 0 aliphatic heterocycles. The van der Waals surface area contributed by atoms with E-state index in [1.807, 2.05) is 13.8 Å². The third-order valence-corrected chi connectivity index (χ3v) is 9.68. The molecule has 0 aromatic carbocycles. The first-order valence-corrected chi connectivity index (χ1v) is 12.9. The molecule has 32 heavy (non-hydrogen) atoms. The van der Waals surface area contributed by atoms with Crippen LogP contribution in [0.1, 0.15) is 79.1 Å². The highest BCUT2D eigenvalue weighted by Gasteiger charge is 2.59. The summed E-state index contributed by atoms with van der Waals surface area (Å²) in [5.74, 6) is 2.55. The zero-order valence-corrected chi connectivity index (χ0v) is 20.5. The lowest BCUT2D eigenvalue weighted by Crippen LogP contribution is -2.50. The molecule has 4 aliphatic rings. The molecule has 0 spiro atoms. The van der Waals surface area contributed by atoms with Crippen LogP contribution in [0.3, 0.4) is 0 Å². The minimum absolute atomic E-state index is 0.144. The van der Waals surface area contributed by atoms with Gasteiger partial charge < -0.3 is 15.7 Å². The van der Waals surface area contributed by atoms with Crippen molar-refractivity contribution in [3.05, 3.63) is 11.6 Å². The van der Waals surface area contributed by atoms with Crippen molar-refractivity contribution in [2.45, 2.75) is 85.2 Å². The van der Waals surface area contributed by atoms with Crippen LogP contribution < -0.4 is 10.6 Å². The van der Waals surface area contributed by atoms with Crippen LogP contribution in [0.15, 0.2) is 16.8 Å². The maximum Gasteiger partial charge on any atom is 0.433 e. The van der Waals surface area contributed by atoms with Crippen molar-refractivity contribution in [1.82, 2.24) is 10.6 Å². The Morgan fingerprint density at radius 2 is 2.00 bits per heavy atom.